The second-order valence-corrected chi connectivity index (χ2v) is 5.60. The highest BCUT2D eigenvalue weighted by Crippen LogP contribution is 2.27. The van der Waals surface area contributed by atoms with Gasteiger partial charge in [0.15, 0.2) is 5.69 Å². The van der Waals surface area contributed by atoms with Crippen LogP contribution >= 0.6 is 15.9 Å². The molecule has 0 unspecified atom stereocenters. The molecule has 0 saturated carbocycles. The molecule has 0 atom stereocenters. The molecule has 0 bridgehead atoms. The van der Waals surface area contributed by atoms with Crippen molar-refractivity contribution < 1.29 is 14.3 Å². The lowest BCUT2D eigenvalue weighted by molar-refractivity contribution is 0.0688. The summed E-state index contributed by atoms with van der Waals surface area (Å²) in [6, 6.07) is 2.93. The van der Waals surface area contributed by atoms with Crippen molar-refractivity contribution in [1.82, 2.24) is 15.0 Å². The number of aryl methyl sites for hydroxylation is 1. The van der Waals surface area contributed by atoms with E-state index in [1.807, 2.05) is 13.8 Å². The van der Waals surface area contributed by atoms with Crippen LogP contribution in [0.15, 0.2) is 16.6 Å². The number of nitrogens with zero attached hydrogens (tertiary/aromatic N) is 3. The largest absolute Gasteiger partial charge is 0.476 e. The van der Waals surface area contributed by atoms with Gasteiger partial charge >= 0.3 is 5.97 Å². The third-order valence-corrected chi connectivity index (χ3v) is 3.53. The summed E-state index contributed by atoms with van der Waals surface area (Å²) in [4.78, 5) is 11.2. The molecule has 0 amide bonds. The molecule has 0 aliphatic carbocycles. The molecule has 2 aromatic rings. The number of halogens is 2. The third kappa shape index (κ3) is 2.45. The maximum absolute atomic E-state index is 13.7. The van der Waals surface area contributed by atoms with Gasteiger partial charge < -0.3 is 5.11 Å². The van der Waals surface area contributed by atoms with Gasteiger partial charge in [-0.3, -0.25) is 0 Å². The van der Waals surface area contributed by atoms with Crippen LogP contribution in [-0.2, 0) is 0 Å². The monoisotopic (exact) mass is 341 g/mol. The smallest absolute Gasteiger partial charge is 0.358 e. The summed E-state index contributed by atoms with van der Waals surface area (Å²) in [6.45, 7) is 5.48. The lowest BCUT2D eigenvalue weighted by Crippen LogP contribution is -2.09. The summed E-state index contributed by atoms with van der Waals surface area (Å²) in [5.74, 6) is -1.69. The zero-order chi connectivity index (χ0) is 15.0. The Kier molecular flexibility index (Phi) is 3.89. The second kappa shape index (κ2) is 5.32. The van der Waals surface area contributed by atoms with Crippen molar-refractivity contribution in [2.75, 3.05) is 0 Å². The maximum Gasteiger partial charge on any atom is 0.358 e. The fourth-order valence-corrected chi connectivity index (χ4v) is 2.46. The third-order valence-electron chi connectivity index (χ3n) is 2.92. The van der Waals surface area contributed by atoms with Gasteiger partial charge in [-0.25, -0.2) is 13.9 Å². The van der Waals surface area contributed by atoms with Crippen LogP contribution < -0.4 is 0 Å². The summed E-state index contributed by atoms with van der Waals surface area (Å²) < 4.78 is 15.5. The van der Waals surface area contributed by atoms with Crippen LogP contribution in [0.2, 0.25) is 0 Å². The number of aromatic nitrogens is 3. The van der Waals surface area contributed by atoms with Gasteiger partial charge in [0.05, 0.1) is 15.9 Å². The van der Waals surface area contributed by atoms with E-state index >= 15 is 0 Å². The van der Waals surface area contributed by atoms with E-state index in [9.17, 15) is 9.18 Å². The SMILES string of the molecule is Cc1cc(Br)c(F)cc1-n1nnc(C(=O)O)c1C(C)C. The number of carbonyl (C=O) groups is 1. The van der Waals surface area contributed by atoms with Gasteiger partial charge in [-0.05, 0) is 40.4 Å². The maximum atomic E-state index is 13.7. The topological polar surface area (TPSA) is 68.0 Å². The van der Waals surface area contributed by atoms with Crippen LogP contribution in [-0.4, -0.2) is 26.1 Å². The van der Waals surface area contributed by atoms with E-state index in [1.54, 1.807) is 13.0 Å². The minimum Gasteiger partial charge on any atom is -0.476 e. The highest BCUT2D eigenvalue weighted by Gasteiger charge is 2.23. The Morgan fingerprint density at radius 1 is 1.45 bits per heavy atom. The van der Waals surface area contributed by atoms with Gasteiger partial charge in [0, 0.05) is 6.07 Å². The Balaban J connectivity index is 2.70. The molecule has 0 aliphatic heterocycles. The molecule has 1 heterocycles. The first kappa shape index (κ1) is 14.6. The number of hydrogen-bond acceptors (Lipinski definition) is 3. The van der Waals surface area contributed by atoms with Crippen molar-refractivity contribution in [3.63, 3.8) is 0 Å². The van der Waals surface area contributed by atoms with Gasteiger partial charge in [0.25, 0.3) is 0 Å². The number of rotatable bonds is 3. The van der Waals surface area contributed by atoms with Crippen LogP contribution in [0, 0.1) is 12.7 Å². The first-order chi connectivity index (χ1) is 9.32. The van der Waals surface area contributed by atoms with Crippen LogP contribution in [0.5, 0.6) is 0 Å². The second-order valence-electron chi connectivity index (χ2n) is 4.75. The number of carboxylic acid groups (broad SMARTS) is 1. The van der Waals surface area contributed by atoms with Crippen LogP contribution in [0.1, 0.15) is 41.5 Å². The molecule has 0 spiro atoms. The zero-order valence-electron chi connectivity index (χ0n) is 11.2. The molecule has 0 saturated heterocycles. The van der Waals surface area contributed by atoms with E-state index in [2.05, 4.69) is 26.2 Å². The Labute approximate surface area is 123 Å². The first-order valence-electron chi connectivity index (χ1n) is 5.97. The van der Waals surface area contributed by atoms with Gasteiger partial charge in [-0.2, -0.15) is 0 Å². The predicted octanol–water partition coefficient (Wildman–Crippen LogP) is 3.30. The number of aromatic carboxylic acids is 1. The van der Waals surface area contributed by atoms with Crippen molar-refractivity contribution in [2.24, 2.45) is 0 Å². The summed E-state index contributed by atoms with van der Waals surface area (Å²) in [5.41, 5.74) is 1.58. The fraction of sp³-hybridized carbons (Fsp3) is 0.308. The van der Waals surface area contributed by atoms with Crippen molar-refractivity contribution >= 4 is 21.9 Å². The van der Waals surface area contributed by atoms with Crippen molar-refractivity contribution in [3.8, 4) is 5.69 Å². The standard InChI is InChI=1S/C13H13BrFN3O2/c1-6(2)12-11(13(19)20)16-17-18(12)10-5-9(15)8(14)4-7(10)3/h4-6H,1-3H3,(H,19,20). The highest BCUT2D eigenvalue weighted by atomic mass is 79.9. The average molecular weight is 342 g/mol. The summed E-state index contributed by atoms with van der Waals surface area (Å²) >= 11 is 3.11. The minimum absolute atomic E-state index is 0.109. The highest BCUT2D eigenvalue weighted by molar-refractivity contribution is 9.10. The molecule has 1 aromatic heterocycles. The molecule has 0 radical (unpaired) electrons. The summed E-state index contributed by atoms with van der Waals surface area (Å²) in [5, 5.41) is 16.7. The first-order valence-corrected chi connectivity index (χ1v) is 6.77. The molecule has 0 fully saturated rings. The predicted molar refractivity (Wildman–Crippen MR) is 74.8 cm³/mol. The van der Waals surface area contributed by atoms with Crippen molar-refractivity contribution in [1.29, 1.82) is 0 Å². The average Bonchev–Trinajstić information content (AvgIpc) is 2.78. The van der Waals surface area contributed by atoms with Crippen LogP contribution in [0.25, 0.3) is 5.69 Å². The fourth-order valence-electron chi connectivity index (χ4n) is 2.00. The molecule has 2 rings (SSSR count). The summed E-state index contributed by atoms with van der Waals surface area (Å²) in [6.07, 6.45) is 0. The molecule has 1 N–H and O–H groups in total. The molecular weight excluding hydrogens is 329 g/mol. The molecule has 1 aromatic carbocycles. The molecule has 7 heteroatoms. The van der Waals surface area contributed by atoms with E-state index in [1.165, 1.54) is 10.7 Å². The van der Waals surface area contributed by atoms with Crippen molar-refractivity contribution in [3.05, 3.63) is 39.4 Å². The summed E-state index contributed by atoms with van der Waals surface area (Å²) in [7, 11) is 0. The van der Waals surface area contributed by atoms with E-state index < -0.39 is 11.8 Å². The van der Waals surface area contributed by atoms with E-state index in [0.717, 1.165) is 5.56 Å². The molecule has 20 heavy (non-hydrogen) atoms. The van der Waals surface area contributed by atoms with Crippen LogP contribution in [0.4, 0.5) is 4.39 Å². The molecule has 0 aliphatic rings. The van der Waals surface area contributed by atoms with Gasteiger partial charge in [-0.15, -0.1) is 5.10 Å². The van der Waals surface area contributed by atoms with Crippen molar-refractivity contribution in [2.45, 2.75) is 26.7 Å². The molecule has 5 nitrogen and oxygen atoms in total. The number of benzene rings is 1. The Morgan fingerprint density at radius 3 is 2.65 bits per heavy atom. The van der Waals surface area contributed by atoms with E-state index in [0.29, 0.717) is 15.9 Å². The van der Waals surface area contributed by atoms with E-state index in [-0.39, 0.29) is 11.6 Å². The minimum atomic E-state index is -1.14. The lowest BCUT2D eigenvalue weighted by atomic mass is 10.1. The number of carboxylic acids is 1. The quantitative estimate of drug-likeness (QED) is 0.929. The Morgan fingerprint density at radius 2 is 2.10 bits per heavy atom. The molecular formula is C13H13BrFN3O2. The Hall–Kier alpha value is -1.76. The normalized spacial score (nSPS) is 11.1. The molecule has 106 valence electrons. The zero-order valence-corrected chi connectivity index (χ0v) is 12.8. The number of hydrogen-bond donors (Lipinski definition) is 1. The Bertz CT molecular complexity index is 682. The van der Waals surface area contributed by atoms with Crippen LogP contribution in [0.3, 0.4) is 0 Å². The lowest BCUT2D eigenvalue weighted by Gasteiger charge is -2.12. The van der Waals surface area contributed by atoms with Gasteiger partial charge in [0.2, 0.25) is 0 Å². The van der Waals surface area contributed by atoms with E-state index in [4.69, 9.17) is 5.11 Å². The van der Waals surface area contributed by atoms with Gasteiger partial charge in [0.1, 0.15) is 5.82 Å². The van der Waals surface area contributed by atoms with Gasteiger partial charge in [-0.1, -0.05) is 19.1 Å².